The molecule has 0 amide bonds. The van der Waals surface area contributed by atoms with Crippen LogP contribution >= 0.6 is 11.6 Å². The van der Waals surface area contributed by atoms with Crippen LogP contribution in [-0.2, 0) is 10.0 Å². The van der Waals surface area contributed by atoms with E-state index >= 15 is 0 Å². The summed E-state index contributed by atoms with van der Waals surface area (Å²) in [5.41, 5.74) is 1.77. The second-order valence-electron chi connectivity index (χ2n) is 4.86. The van der Waals surface area contributed by atoms with Crippen molar-refractivity contribution < 1.29 is 18.3 Å². The van der Waals surface area contributed by atoms with Crippen LogP contribution < -0.4 is 4.72 Å². The summed E-state index contributed by atoms with van der Waals surface area (Å²) in [5.74, 6) is -1.23. The van der Waals surface area contributed by atoms with Crippen LogP contribution in [-0.4, -0.2) is 19.5 Å². The van der Waals surface area contributed by atoms with Crippen molar-refractivity contribution >= 4 is 39.4 Å². The lowest BCUT2D eigenvalue weighted by atomic mass is 10.2. The van der Waals surface area contributed by atoms with Crippen molar-refractivity contribution in [3.63, 3.8) is 0 Å². The quantitative estimate of drug-likeness (QED) is 0.859. The van der Waals surface area contributed by atoms with Gasteiger partial charge in [-0.1, -0.05) is 41.4 Å². The number of carboxylic acids is 1. The van der Waals surface area contributed by atoms with E-state index in [1.165, 1.54) is 24.3 Å². The number of nitrogens with one attached hydrogen (secondary N) is 1. The first kappa shape index (κ1) is 17.1. The Morgan fingerprint density at radius 3 is 2.43 bits per heavy atom. The summed E-state index contributed by atoms with van der Waals surface area (Å²) in [7, 11) is -3.76. The molecule has 0 aliphatic rings. The summed E-state index contributed by atoms with van der Waals surface area (Å²) < 4.78 is 26.3. The zero-order valence-electron chi connectivity index (χ0n) is 12.2. The molecule has 23 heavy (non-hydrogen) atoms. The van der Waals surface area contributed by atoms with Gasteiger partial charge in [0, 0.05) is 5.69 Å². The molecule has 0 saturated heterocycles. The molecule has 0 fully saturated rings. The Kier molecular flexibility index (Phi) is 5.08. The maximum absolute atomic E-state index is 12.0. The SMILES string of the molecule is Cc1ccc(/C=C/S(=O)(=O)Nc2ccc(Cl)c(C(=O)O)c2)cc1. The fourth-order valence-corrected chi connectivity index (χ4v) is 2.85. The highest BCUT2D eigenvalue weighted by molar-refractivity contribution is 7.95. The maximum atomic E-state index is 12.0. The van der Waals surface area contributed by atoms with Crippen molar-refractivity contribution in [2.75, 3.05) is 4.72 Å². The molecule has 7 heteroatoms. The Bertz CT molecular complexity index is 858. The number of carboxylic acid groups (broad SMARTS) is 1. The average Bonchev–Trinajstić information content (AvgIpc) is 2.48. The molecule has 0 spiro atoms. The molecule has 0 saturated carbocycles. The molecular weight excluding hydrogens is 338 g/mol. The third kappa shape index (κ3) is 4.84. The number of aromatic carboxylic acids is 1. The largest absolute Gasteiger partial charge is 0.478 e. The first-order valence-corrected chi connectivity index (χ1v) is 8.50. The molecule has 0 radical (unpaired) electrons. The van der Waals surface area contributed by atoms with E-state index in [4.69, 9.17) is 16.7 Å². The van der Waals surface area contributed by atoms with Crippen LogP contribution in [0.5, 0.6) is 0 Å². The van der Waals surface area contributed by atoms with Crippen LogP contribution in [0.15, 0.2) is 47.9 Å². The van der Waals surface area contributed by atoms with Crippen LogP contribution in [0.2, 0.25) is 5.02 Å². The van der Waals surface area contributed by atoms with Crippen molar-refractivity contribution in [1.82, 2.24) is 0 Å². The van der Waals surface area contributed by atoms with Gasteiger partial charge >= 0.3 is 5.97 Å². The molecule has 2 aromatic carbocycles. The van der Waals surface area contributed by atoms with E-state index in [2.05, 4.69) is 4.72 Å². The highest BCUT2D eigenvalue weighted by Crippen LogP contribution is 2.21. The Morgan fingerprint density at radius 2 is 1.83 bits per heavy atom. The topological polar surface area (TPSA) is 83.5 Å². The molecule has 0 heterocycles. The summed E-state index contributed by atoms with van der Waals surface area (Å²) in [6.07, 6.45) is 1.45. The number of carbonyl (C=O) groups is 1. The van der Waals surface area contributed by atoms with Crippen molar-refractivity contribution in [3.8, 4) is 0 Å². The molecule has 120 valence electrons. The fraction of sp³-hybridized carbons (Fsp3) is 0.0625. The highest BCUT2D eigenvalue weighted by Gasteiger charge is 2.12. The molecule has 0 aliphatic heterocycles. The van der Waals surface area contributed by atoms with Crippen LogP contribution in [0, 0.1) is 6.92 Å². The summed E-state index contributed by atoms with van der Waals surface area (Å²) in [6.45, 7) is 1.94. The number of anilines is 1. The van der Waals surface area contributed by atoms with Gasteiger partial charge in [-0.15, -0.1) is 0 Å². The number of benzene rings is 2. The zero-order chi connectivity index (χ0) is 17.0. The molecule has 2 rings (SSSR count). The van der Waals surface area contributed by atoms with Gasteiger partial charge in [0.1, 0.15) is 0 Å². The van der Waals surface area contributed by atoms with Crippen LogP contribution in [0.3, 0.4) is 0 Å². The van der Waals surface area contributed by atoms with Crippen LogP contribution in [0.25, 0.3) is 6.08 Å². The summed E-state index contributed by atoms with van der Waals surface area (Å²) in [5, 5.41) is 10.0. The molecule has 0 aliphatic carbocycles. The number of halogens is 1. The maximum Gasteiger partial charge on any atom is 0.337 e. The van der Waals surface area contributed by atoms with Gasteiger partial charge in [-0.05, 0) is 36.8 Å². The third-order valence-electron chi connectivity index (χ3n) is 2.97. The molecule has 2 aromatic rings. The molecule has 0 bridgehead atoms. The fourth-order valence-electron chi connectivity index (χ4n) is 1.80. The number of aryl methyl sites for hydroxylation is 1. The Hall–Kier alpha value is -2.31. The standard InChI is InChI=1S/C16H14ClNO4S/c1-11-2-4-12(5-3-11)8-9-23(21,22)18-13-6-7-15(17)14(10-13)16(19)20/h2-10,18H,1H3,(H,19,20)/b9-8+. The molecule has 2 N–H and O–H groups in total. The zero-order valence-corrected chi connectivity index (χ0v) is 13.7. The van der Waals surface area contributed by atoms with Crippen molar-refractivity contribution in [1.29, 1.82) is 0 Å². The lowest BCUT2D eigenvalue weighted by Gasteiger charge is -2.06. The molecule has 0 unspecified atom stereocenters. The van der Waals surface area contributed by atoms with Gasteiger partial charge in [-0.3, -0.25) is 4.72 Å². The lowest BCUT2D eigenvalue weighted by molar-refractivity contribution is 0.0697. The van der Waals surface area contributed by atoms with E-state index in [0.717, 1.165) is 16.5 Å². The molecule has 0 aromatic heterocycles. The van der Waals surface area contributed by atoms with Gasteiger partial charge < -0.3 is 5.11 Å². The summed E-state index contributed by atoms with van der Waals surface area (Å²) in [6, 6.07) is 11.2. The monoisotopic (exact) mass is 351 g/mol. The van der Waals surface area contributed by atoms with E-state index < -0.39 is 16.0 Å². The normalized spacial score (nSPS) is 11.6. The third-order valence-corrected chi connectivity index (χ3v) is 4.32. The Balaban J connectivity index is 2.19. The smallest absolute Gasteiger partial charge is 0.337 e. The van der Waals surface area contributed by atoms with Gasteiger partial charge in [0.25, 0.3) is 10.0 Å². The Labute approximate surface area is 139 Å². The number of sulfonamides is 1. The van der Waals surface area contributed by atoms with E-state index in [0.29, 0.717) is 0 Å². The van der Waals surface area contributed by atoms with E-state index in [1.807, 2.05) is 19.1 Å². The van der Waals surface area contributed by atoms with Crippen molar-refractivity contribution in [2.24, 2.45) is 0 Å². The van der Waals surface area contributed by atoms with Crippen LogP contribution in [0.1, 0.15) is 21.5 Å². The van der Waals surface area contributed by atoms with Crippen molar-refractivity contribution in [2.45, 2.75) is 6.92 Å². The Morgan fingerprint density at radius 1 is 1.17 bits per heavy atom. The van der Waals surface area contributed by atoms with E-state index in [-0.39, 0.29) is 16.3 Å². The van der Waals surface area contributed by atoms with Gasteiger partial charge in [0.05, 0.1) is 16.0 Å². The summed E-state index contributed by atoms with van der Waals surface area (Å²) >= 11 is 5.74. The minimum Gasteiger partial charge on any atom is -0.478 e. The van der Waals surface area contributed by atoms with Gasteiger partial charge in [-0.2, -0.15) is 0 Å². The first-order valence-electron chi connectivity index (χ1n) is 6.57. The number of hydrogen-bond acceptors (Lipinski definition) is 3. The van der Waals surface area contributed by atoms with E-state index in [9.17, 15) is 13.2 Å². The van der Waals surface area contributed by atoms with E-state index in [1.54, 1.807) is 12.1 Å². The predicted octanol–water partition coefficient (Wildman–Crippen LogP) is 3.76. The first-order chi connectivity index (χ1) is 10.8. The number of hydrogen-bond donors (Lipinski definition) is 2. The minimum atomic E-state index is -3.76. The average molecular weight is 352 g/mol. The second-order valence-corrected chi connectivity index (χ2v) is 6.83. The number of rotatable bonds is 5. The second kappa shape index (κ2) is 6.85. The van der Waals surface area contributed by atoms with Gasteiger partial charge in [0.15, 0.2) is 0 Å². The van der Waals surface area contributed by atoms with Crippen molar-refractivity contribution in [3.05, 3.63) is 69.6 Å². The minimum absolute atomic E-state index is 0.0376. The van der Waals surface area contributed by atoms with Gasteiger partial charge in [0.2, 0.25) is 0 Å². The highest BCUT2D eigenvalue weighted by atomic mass is 35.5. The summed E-state index contributed by atoms with van der Waals surface area (Å²) in [4.78, 5) is 11.0. The molecule has 0 atom stereocenters. The van der Waals surface area contributed by atoms with Crippen LogP contribution in [0.4, 0.5) is 5.69 Å². The molecular formula is C16H14ClNO4S. The predicted molar refractivity (Wildman–Crippen MR) is 91.2 cm³/mol. The molecule has 5 nitrogen and oxygen atoms in total. The van der Waals surface area contributed by atoms with Gasteiger partial charge in [-0.25, -0.2) is 13.2 Å². The lowest BCUT2D eigenvalue weighted by Crippen LogP contribution is -2.09.